The Morgan fingerprint density at radius 1 is 1.27 bits per heavy atom. The van der Waals surface area contributed by atoms with Gasteiger partial charge in [0.05, 0.1) is 14.2 Å². The van der Waals surface area contributed by atoms with Gasteiger partial charge in [0.15, 0.2) is 11.5 Å². The van der Waals surface area contributed by atoms with Crippen LogP contribution in [-0.4, -0.2) is 43.3 Å². The lowest BCUT2D eigenvalue weighted by Crippen LogP contribution is -2.49. The van der Waals surface area contributed by atoms with Crippen LogP contribution in [0.3, 0.4) is 0 Å². The van der Waals surface area contributed by atoms with Crippen LogP contribution in [0.15, 0.2) is 18.2 Å². The highest BCUT2D eigenvalue weighted by molar-refractivity contribution is 5.87. The molecule has 4 N–H and O–H groups in total. The lowest BCUT2D eigenvalue weighted by atomic mass is 10.0. The van der Waals surface area contributed by atoms with Crippen LogP contribution in [0.25, 0.3) is 0 Å². The molecule has 1 amide bonds. The number of carbonyl (C=O) groups excluding carboxylic acids is 1. The monoisotopic (exact) mass is 365 g/mol. The van der Waals surface area contributed by atoms with Gasteiger partial charge < -0.3 is 19.9 Å². The van der Waals surface area contributed by atoms with Crippen LogP contribution in [0.4, 0.5) is 0 Å². The second-order valence-electron chi connectivity index (χ2n) is 6.29. The van der Waals surface area contributed by atoms with Crippen molar-refractivity contribution in [2.75, 3.05) is 14.2 Å². The maximum Gasteiger partial charge on any atom is 0.326 e. The maximum atomic E-state index is 12.4. The fourth-order valence-corrected chi connectivity index (χ4v) is 2.95. The maximum absolute atomic E-state index is 12.4. The van der Waals surface area contributed by atoms with Crippen molar-refractivity contribution < 1.29 is 24.2 Å². The van der Waals surface area contributed by atoms with Crippen molar-refractivity contribution in [1.29, 1.82) is 0 Å². The number of carboxylic acids is 1. The zero-order valence-electron chi connectivity index (χ0n) is 15.4. The average molecular weight is 365 g/mol. The van der Waals surface area contributed by atoms with Crippen LogP contribution in [0.1, 0.15) is 44.2 Å². The molecule has 3 atom stereocenters. The number of hydrazine groups is 1. The number of ether oxygens (including phenoxy) is 2. The summed E-state index contributed by atoms with van der Waals surface area (Å²) >= 11 is 0. The van der Waals surface area contributed by atoms with Crippen molar-refractivity contribution >= 4 is 11.9 Å². The molecule has 0 aromatic heterocycles. The predicted molar refractivity (Wildman–Crippen MR) is 96.1 cm³/mol. The molecule has 0 saturated carbocycles. The van der Waals surface area contributed by atoms with E-state index in [0.717, 1.165) is 18.4 Å². The number of methoxy groups -OCH3 is 2. The van der Waals surface area contributed by atoms with E-state index in [1.54, 1.807) is 14.2 Å². The van der Waals surface area contributed by atoms with Crippen molar-refractivity contribution in [3.8, 4) is 11.5 Å². The highest BCUT2D eigenvalue weighted by Gasteiger charge is 2.32. The van der Waals surface area contributed by atoms with Gasteiger partial charge in [0, 0.05) is 6.04 Å². The molecular weight excluding hydrogens is 338 g/mol. The fraction of sp³-hybridized carbons (Fsp3) is 0.556. The van der Waals surface area contributed by atoms with Gasteiger partial charge in [-0.05, 0) is 30.5 Å². The predicted octanol–water partition coefficient (Wildman–Crippen LogP) is 1.37. The number of hydrogen-bond acceptors (Lipinski definition) is 6. The second-order valence-corrected chi connectivity index (χ2v) is 6.29. The summed E-state index contributed by atoms with van der Waals surface area (Å²) in [6.45, 7) is 1.98. The zero-order chi connectivity index (χ0) is 19.1. The summed E-state index contributed by atoms with van der Waals surface area (Å²) in [6.07, 6.45) is 2.56. The summed E-state index contributed by atoms with van der Waals surface area (Å²) in [5, 5.41) is 11.9. The number of nitrogens with one attached hydrogen (secondary N) is 3. The van der Waals surface area contributed by atoms with Crippen LogP contribution < -0.4 is 25.6 Å². The van der Waals surface area contributed by atoms with Crippen LogP contribution in [0, 0.1) is 0 Å². The van der Waals surface area contributed by atoms with Gasteiger partial charge in [-0.3, -0.25) is 4.79 Å². The molecule has 1 aromatic rings. The Balaban J connectivity index is 1.99. The first kappa shape index (κ1) is 20.0. The first-order valence-corrected chi connectivity index (χ1v) is 8.76. The lowest BCUT2D eigenvalue weighted by molar-refractivity contribution is -0.142. The van der Waals surface area contributed by atoms with E-state index in [1.165, 1.54) is 0 Å². The largest absolute Gasteiger partial charge is 0.493 e. The summed E-state index contributed by atoms with van der Waals surface area (Å²) in [6, 6.07) is 4.13. The zero-order valence-corrected chi connectivity index (χ0v) is 15.4. The molecule has 2 rings (SSSR count). The van der Waals surface area contributed by atoms with Crippen molar-refractivity contribution in [3.05, 3.63) is 23.8 Å². The quantitative estimate of drug-likeness (QED) is 0.523. The van der Waals surface area contributed by atoms with E-state index in [4.69, 9.17) is 9.47 Å². The molecule has 144 valence electrons. The molecular formula is C18H27N3O5. The number of aliphatic carboxylic acids is 1. The molecule has 0 radical (unpaired) electrons. The van der Waals surface area contributed by atoms with Crippen molar-refractivity contribution in [3.63, 3.8) is 0 Å². The van der Waals surface area contributed by atoms with Gasteiger partial charge in [0.2, 0.25) is 5.91 Å². The van der Waals surface area contributed by atoms with E-state index in [0.29, 0.717) is 24.3 Å². The summed E-state index contributed by atoms with van der Waals surface area (Å²) < 4.78 is 10.5. The molecule has 26 heavy (non-hydrogen) atoms. The molecule has 1 saturated heterocycles. The molecule has 0 bridgehead atoms. The summed E-state index contributed by atoms with van der Waals surface area (Å²) in [5.41, 5.74) is 6.98. The molecule has 3 unspecified atom stereocenters. The van der Waals surface area contributed by atoms with Gasteiger partial charge in [-0.25, -0.2) is 15.6 Å². The van der Waals surface area contributed by atoms with Crippen LogP contribution in [0.2, 0.25) is 0 Å². The minimum Gasteiger partial charge on any atom is -0.493 e. The Labute approximate surface area is 153 Å². The van der Waals surface area contributed by atoms with E-state index in [1.807, 2.05) is 25.1 Å². The molecule has 1 fully saturated rings. The fourth-order valence-electron chi connectivity index (χ4n) is 2.95. The normalized spacial score (nSPS) is 20.4. The Morgan fingerprint density at radius 3 is 2.62 bits per heavy atom. The molecule has 0 spiro atoms. The Kier molecular flexibility index (Phi) is 7.23. The number of amides is 1. The average Bonchev–Trinajstić information content (AvgIpc) is 3.14. The first-order chi connectivity index (χ1) is 12.5. The highest BCUT2D eigenvalue weighted by Crippen LogP contribution is 2.32. The number of unbranched alkanes of at least 4 members (excludes halogenated alkanes) is 1. The van der Waals surface area contributed by atoms with E-state index >= 15 is 0 Å². The minimum absolute atomic E-state index is 0.0931. The summed E-state index contributed by atoms with van der Waals surface area (Å²) in [7, 11) is 3.14. The number of benzene rings is 1. The van der Waals surface area contributed by atoms with Crippen molar-refractivity contribution in [2.45, 2.75) is 50.7 Å². The van der Waals surface area contributed by atoms with Crippen molar-refractivity contribution in [2.24, 2.45) is 0 Å². The Bertz CT molecular complexity index is 637. The molecule has 1 heterocycles. The van der Waals surface area contributed by atoms with Crippen LogP contribution in [0.5, 0.6) is 11.5 Å². The standard InChI is InChI=1S/C18H27N3O5/c1-4-5-6-12(18(23)24)19-17(22)14-10-13(20-21-14)11-7-8-15(25-2)16(9-11)26-3/h7-9,12-14,20-21H,4-6,10H2,1-3H3,(H,19,22)(H,23,24). The van der Waals surface area contributed by atoms with Gasteiger partial charge in [-0.1, -0.05) is 25.8 Å². The highest BCUT2D eigenvalue weighted by atomic mass is 16.5. The Morgan fingerprint density at radius 2 is 2.00 bits per heavy atom. The van der Waals surface area contributed by atoms with Crippen LogP contribution in [-0.2, 0) is 9.59 Å². The van der Waals surface area contributed by atoms with E-state index in [-0.39, 0.29) is 11.9 Å². The summed E-state index contributed by atoms with van der Waals surface area (Å²) in [4.78, 5) is 23.7. The van der Waals surface area contributed by atoms with Gasteiger partial charge in [-0.2, -0.15) is 0 Å². The molecule has 1 aromatic carbocycles. The molecule has 0 aliphatic carbocycles. The van der Waals surface area contributed by atoms with E-state index in [2.05, 4.69) is 16.2 Å². The SMILES string of the molecule is CCCCC(NC(=O)C1CC(c2ccc(OC)c(OC)c2)NN1)C(=O)O. The summed E-state index contributed by atoms with van der Waals surface area (Å²) in [5.74, 6) is -0.0693. The smallest absolute Gasteiger partial charge is 0.326 e. The molecule has 8 nitrogen and oxygen atoms in total. The van der Waals surface area contributed by atoms with Crippen molar-refractivity contribution in [1.82, 2.24) is 16.2 Å². The molecule has 8 heteroatoms. The number of hydrogen-bond donors (Lipinski definition) is 4. The van der Waals surface area contributed by atoms with E-state index in [9.17, 15) is 14.7 Å². The van der Waals surface area contributed by atoms with E-state index < -0.39 is 18.1 Å². The number of carbonyl (C=O) groups is 2. The second kappa shape index (κ2) is 9.40. The Hall–Kier alpha value is -2.32. The number of rotatable bonds is 9. The van der Waals surface area contributed by atoms with Gasteiger partial charge in [-0.15, -0.1) is 0 Å². The number of carboxylic acid groups (broad SMARTS) is 1. The van der Waals surface area contributed by atoms with Gasteiger partial charge >= 0.3 is 5.97 Å². The topological polar surface area (TPSA) is 109 Å². The third kappa shape index (κ3) is 4.86. The third-order valence-corrected chi connectivity index (χ3v) is 4.49. The third-order valence-electron chi connectivity index (χ3n) is 4.49. The van der Waals surface area contributed by atoms with Crippen LogP contribution >= 0.6 is 0 Å². The molecule has 1 aliphatic rings. The van der Waals surface area contributed by atoms with Gasteiger partial charge in [0.1, 0.15) is 12.1 Å². The van der Waals surface area contributed by atoms with Gasteiger partial charge in [0.25, 0.3) is 0 Å². The lowest BCUT2D eigenvalue weighted by Gasteiger charge is -2.17. The minimum atomic E-state index is -1.01. The molecule has 1 aliphatic heterocycles. The first-order valence-electron chi connectivity index (χ1n) is 8.76.